The number of nitrogens with zero attached hydrogens (tertiary/aromatic N) is 2. The summed E-state index contributed by atoms with van der Waals surface area (Å²) >= 11 is 0. The van der Waals surface area contributed by atoms with E-state index >= 15 is 0 Å². The molecular weight excluding hydrogens is 494 g/mol. The highest BCUT2D eigenvalue weighted by atomic mass is 16.7. The van der Waals surface area contributed by atoms with E-state index in [0.717, 1.165) is 16.9 Å². The van der Waals surface area contributed by atoms with E-state index in [1.165, 1.54) is 21.3 Å². The van der Waals surface area contributed by atoms with Crippen molar-refractivity contribution in [2.75, 3.05) is 47.3 Å². The molecule has 11 nitrogen and oxygen atoms in total. The van der Waals surface area contributed by atoms with Crippen molar-refractivity contribution in [1.29, 1.82) is 0 Å². The molecule has 0 aliphatic rings. The maximum Gasteiger partial charge on any atom is 0.343 e. The number of hydrogen-bond acceptors (Lipinski definition) is 10. The van der Waals surface area contributed by atoms with Crippen LogP contribution in [0.25, 0.3) is 11.3 Å². The van der Waals surface area contributed by atoms with Gasteiger partial charge in [0, 0.05) is 38.0 Å². The molecule has 0 amide bonds. The van der Waals surface area contributed by atoms with Crippen molar-refractivity contribution in [3.63, 3.8) is 0 Å². The topological polar surface area (TPSA) is 115 Å². The van der Waals surface area contributed by atoms with Crippen LogP contribution in [-0.2, 0) is 20.8 Å². The SMILES string of the molecule is COCOc1cc(Nc2cc(-c3ccoc3)nn2Cc2ccc(OC)cc2)c(C(=O)OC)c(OCOC)c1. The summed E-state index contributed by atoms with van der Waals surface area (Å²) in [6.45, 7) is 0.350. The molecule has 2 aromatic heterocycles. The van der Waals surface area contributed by atoms with Gasteiger partial charge in [0.2, 0.25) is 0 Å². The first-order chi connectivity index (χ1) is 18.6. The van der Waals surface area contributed by atoms with Gasteiger partial charge in [-0.2, -0.15) is 5.10 Å². The molecule has 200 valence electrons. The molecule has 0 aliphatic carbocycles. The summed E-state index contributed by atoms with van der Waals surface area (Å²) in [7, 11) is 5.92. The molecule has 11 heteroatoms. The molecule has 2 heterocycles. The molecule has 0 bridgehead atoms. The highest BCUT2D eigenvalue weighted by Crippen LogP contribution is 2.36. The molecule has 0 atom stereocenters. The third-order valence-corrected chi connectivity index (χ3v) is 5.49. The molecule has 0 spiro atoms. The van der Waals surface area contributed by atoms with Gasteiger partial charge in [0.05, 0.1) is 44.7 Å². The standard InChI is InChI=1S/C27H29N3O8/c1-32-16-37-21-11-23(26(27(31)35-4)24(12-21)38-17-33-2)28-25-13-22(19-9-10-36-15-19)29-30(25)14-18-5-7-20(34-3)8-6-18/h5-13,15,28H,14,16-17H2,1-4H3. The lowest BCUT2D eigenvalue weighted by Gasteiger charge is -2.18. The molecule has 0 aliphatic heterocycles. The van der Waals surface area contributed by atoms with Gasteiger partial charge in [0.15, 0.2) is 13.6 Å². The van der Waals surface area contributed by atoms with Crippen LogP contribution < -0.4 is 19.5 Å². The molecule has 1 N–H and O–H groups in total. The number of esters is 1. The summed E-state index contributed by atoms with van der Waals surface area (Å²) in [6.07, 6.45) is 3.19. The number of carbonyl (C=O) groups excluding carboxylic acids is 1. The Morgan fingerprint density at radius 2 is 1.71 bits per heavy atom. The predicted octanol–water partition coefficient (Wildman–Crippen LogP) is 4.70. The molecular formula is C27H29N3O8. The van der Waals surface area contributed by atoms with Crippen LogP contribution in [0.5, 0.6) is 17.2 Å². The predicted molar refractivity (Wildman–Crippen MR) is 138 cm³/mol. The van der Waals surface area contributed by atoms with Crippen LogP contribution in [0.3, 0.4) is 0 Å². The minimum atomic E-state index is -0.604. The van der Waals surface area contributed by atoms with Gasteiger partial charge in [-0.1, -0.05) is 12.1 Å². The number of aromatic nitrogens is 2. The maximum absolute atomic E-state index is 12.9. The quantitative estimate of drug-likeness (QED) is 0.195. The third-order valence-electron chi connectivity index (χ3n) is 5.49. The van der Waals surface area contributed by atoms with Crippen LogP contribution in [0, 0.1) is 0 Å². The molecule has 4 rings (SSSR count). The third kappa shape index (κ3) is 6.25. The Labute approximate surface area is 219 Å². The van der Waals surface area contributed by atoms with Crippen molar-refractivity contribution in [1.82, 2.24) is 9.78 Å². The summed E-state index contributed by atoms with van der Waals surface area (Å²) in [5.41, 5.74) is 3.01. The minimum absolute atomic E-state index is 0.000762. The van der Waals surface area contributed by atoms with Crippen molar-refractivity contribution in [2.45, 2.75) is 6.54 Å². The number of furan rings is 1. The van der Waals surface area contributed by atoms with E-state index in [0.29, 0.717) is 29.5 Å². The van der Waals surface area contributed by atoms with E-state index in [2.05, 4.69) is 5.32 Å². The van der Waals surface area contributed by atoms with E-state index in [1.54, 1.807) is 36.5 Å². The second-order valence-electron chi connectivity index (χ2n) is 7.99. The van der Waals surface area contributed by atoms with Crippen LogP contribution >= 0.6 is 0 Å². The minimum Gasteiger partial charge on any atom is -0.497 e. The smallest absolute Gasteiger partial charge is 0.343 e. The van der Waals surface area contributed by atoms with Gasteiger partial charge >= 0.3 is 5.97 Å². The zero-order valence-electron chi connectivity index (χ0n) is 21.6. The van der Waals surface area contributed by atoms with Crippen LogP contribution in [-0.4, -0.2) is 57.8 Å². The second-order valence-corrected chi connectivity index (χ2v) is 7.99. The molecule has 0 saturated carbocycles. The van der Waals surface area contributed by atoms with Crippen molar-refractivity contribution in [3.05, 3.63) is 72.2 Å². The molecule has 0 radical (unpaired) electrons. The van der Waals surface area contributed by atoms with Gasteiger partial charge in [-0.15, -0.1) is 0 Å². The lowest BCUT2D eigenvalue weighted by molar-refractivity contribution is 0.0436. The molecule has 0 fully saturated rings. The van der Waals surface area contributed by atoms with Crippen molar-refractivity contribution in [3.8, 4) is 28.5 Å². The van der Waals surface area contributed by atoms with E-state index < -0.39 is 5.97 Å². The highest BCUT2D eigenvalue weighted by molar-refractivity contribution is 6.00. The van der Waals surface area contributed by atoms with E-state index in [1.807, 2.05) is 36.4 Å². The normalized spacial score (nSPS) is 10.7. The lowest BCUT2D eigenvalue weighted by atomic mass is 10.1. The van der Waals surface area contributed by atoms with E-state index in [4.69, 9.17) is 37.9 Å². The Balaban J connectivity index is 1.78. The Hall–Kier alpha value is -4.48. The van der Waals surface area contributed by atoms with Gasteiger partial charge in [-0.3, -0.25) is 0 Å². The van der Waals surface area contributed by atoms with Crippen LogP contribution in [0.4, 0.5) is 11.5 Å². The van der Waals surface area contributed by atoms with Crippen LogP contribution in [0.1, 0.15) is 15.9 Å². The van der Waals surface area contributed by atoms with Crippen molar-refractivity contribution in [2.24, 2.45) is 0 Å². The molecule has 2 aromatic carbocycles. The monoisotopic (exact) mass is 523 g/mol. The largest absolute Gasteiger partial charge is 0.497 e. The molecule has 4 aromatic rings. The zero-order chi connectivity index (χ0) is 26.9. The Morgan fingerprint density at radius 3 is 2.37 bits per heavy atom. The van der Waals surface area contributed by atoms with Crippen molar-refractivity contribution < 1.29 is 37.6 Å². The number of carbonyl (C=O) groups is 1. The number of rotatable bonds is 13. The number of methoxy groups -OCH3 is 4. The first kappa shape index (κ1) is 26.6. The van der Waals surface area contributed by atoms with Crippen LogP contribution in [0.2, 0.25) is 0 Å². The maximum atomic E-state index is 12.9. The van der Waals surface area contributed by atoms with Crippen molar-refractivity contribution >= 4 is 17.5 Å². The Bertz CT molecular complexity index is 1330. The van der Waals surface area contributed by atoms with Crippen LogP contribution in [0.15, 0.2) is 65.5 Å². The van der Waals surface area contributed by atoms with Gasteiger partial charge in [-0.05, 0) is 23.8 Å². The van der Waals surface area contributed by atoms with Gasteiger partial charge < -0.3 is 38.2 Å². The number of ether oxygens (including phenoxy) is 6. The summed E-state index contributed by atoms with van der Waals surface area (Å²) in [6, 6.07) is 14.6. The Kier molecular flexibility index (Phi) is 8.85. The van der Waals surface area contributed by atoms with Gasteiger partial charge in [0.1, 0.15) is 28.6 Å². The summed E-state index contributed by atoms with van der Waals surface area (Å²) < 4.78 is 38.8. The fraction of sp³-hybridized carbons (Fsp3) is 0.259. The molecule has 0 saturated heterocycles. The van der Waals surface area contributed by atoms with Gasteiger partial charge in [0.25, 0.3) is 0 Å². The number of anilines is 2. The number of hydrogen-bond donors (Lipinski definition) is 1. The second kappa shape index (κ2) is 12.7. The Morgan fingerprint density at radius 1 is 0.947 bits per heavy atom. The summed E-state index contributed by atoms with van der Waals surface area (Å²) in [4.78, 5) is 12.9. The average molecular weight is 524 g/mol. The zero-order valence-corrected chi connectivity index (χ0v) is 21.6. The highest BCUT2D eigenvalue weighted by Gasteiger charge is 2.23. The van der Waals surface area contributed by atoms with E-state index in [9.17, 15) is 4.79 Å². The van der Waals surface area contributed by atoms with E-state index in [-0.39, 0.29) is 24.9 Å². The first-order valence-electron chi connectivity index (χ1n) is 11.6. The average Bonchev–Trinajstić information content (AvgIpc) is 3.61. The lowest BCUT2D eigenvalue weighted by Crippen LogP contribution is -2.13. The molecule has 0 unspecified atom stereocenters. The number of benzene rings is 2. The first-order valence-corrected chi connectivity index (χ1v) is 11.6. The summed E-state index contributed by atoms with van der Waals surface area (Å²) in [5.74, 6) is 1.37. The fourth-order valence-electron chi connectivity index (χ4n) is 3.68. The fourth-order valence-corrected chi connectivity index (χ4v) is 3.68. The summed E-state index contributed by atoms with van der Waals surface area (Å²) in [5, 5.41) is 8.09. The number of nitrogens with one attached hydrogen (secondary N) is 1. The van der Waals surface area contributed by atoms with Gasteiger partial charge in [-0.25, -0.2) is 9.48 Å². The molecule has 38 heavy (non-hydrogen) atoms.